The SMILES string of the molecule is CCOc1cc([C@@H](C[N+](=O)[O-])Sc2nnc(C)n2-c2ccc(Cl)cc2)ccc1OCc1ccccc1. The van der Waals surface area contributed by atoms with E-state index in [4.69, 9.17) is 21.1 Å². The van der Waals surface area contributed by atoms with Gasteiger partial charge in [-0.15, -0.1) is 10.2 Å². The van der Waals surface area contributed by atoms with Crippen LogP contribution < -0.4 is 9.47 Å². The second-order valence-corrected chi connectivity index (χ2v) is 9.48. The van der Waals surface area contributed by atoms with E-state index in [-0.39, 0.29) is 11.5 Å². The number of nitrogens with zero attached hydrogens (tertiary/aromatic N) is 4. The van der Waals surface area contributed by atoms with Gasteiger partial charge >= 0.3 is 0 Å². The Morgan fingerprint density at radius 1 is 1.03 bits per heavy atom. The van der Waals surface area contributed by atoms with Crippen LogP contribution in [0.15, 0.2) is 78.0 Å². The van der Waals surface area contributed by atoms with E-state index in [0.29, 0.717) is 40.7 Å². The number of nitro groups is 1. The van der Waals surface area contributed by atoms with Crippen molar-refractivity contribution >= 4 is 23.4 Å². The van der Waals surface area contributed by atoms with Gasteiger partial charge in [-0.3, -0.25) is 14.7 Å². The average molecular weight is 525 g/mol. The van der Waals surface area contributed by atoms with Gasteiger partial charge in [0, 0.05) is 15.6 Å². The number of halogens is 1. The molecule has 0 bridgehead atoms. The lowest BCUT2D eigenvalue weighted by atomic mass is 10.1. The molecule has 0 saturated carbocycles. The van der Waals surface area contributed by atoms with Crippen LogP contribution in [0.5, 0.6) is 11.5 Å². The summed E-state index contributed by atoms with van der Waals surface area (Å²) in [5.74, 6) is 1.78. The Morgan fingerprint density at radius 2 is 1.78 bits per heavy atom. The van der Waals surface area contributed by atoms with Gasteiger partial charge in [0.2, 0.25) is 6.54 Å². The van der Waals surface area contributed by atoms with Crippen LogP contribution >= 0.6 is 23.4 Å². The molecule has 0 saturated heterocycles. The van der Waals surface area contributed by atoms with Gasteiger partial charge in [0.05, 0.1) is 6.61 Å². The maximum Gasteiger partial charge on any atom is 0.220 e. The molecular formula is C26H25ClN4O4S. The van der Waals surface area contributed by atoms with Crippen molar-refractivity contribution in [1.82, 2.24) is 14.8 Å². The molecule has 0 amide bonds. The minimum Gasteiger partial charge on any atom is -0.490 e. The second-order valence-electron chi connectivity index (χ2n) is 7.88. The summed E-state index contributed by atoms with van der Waals surface area (Å²) in [6, 6.07) is 22.5. The molecule has 3 aromatic carbocycles. The summed E-state index contributed by atoms with van der Waals surface area (Å²) in [4.78, 5) is 11.3. The monoisotopic (exact) mass is 524 g/mol. The van der Waals surface area contributed by atoms with Crippen molar-refractivity contribution in [2.45, 2.75) is 30.9 Å². The Kier molecular flexibility index (Phi) is 8.45. The Morgan fingerprint density at radius 3 is 2.47 bits per heavy atom. The summed E-state index contributed by atoms with van der Waals surface area (Å²) in [6.45, 7) is 4.24. The van der Waals surface area contributed by atoms with Crippen molar-refractivity contribution in [2.75, 3.05) is 13.2 Å². The predicted molar refractivity (Wildman–Crippen MR) is 140 cm³/mol. The number of ether oxygens (including phenoxy) is 2. The standard InChI is InChI=1S/C26H25ClN4O4S/c1-3-34-24-15-20(9-14-23(24)35-17-19-7-5-4-6-8-19)25(16-30(32)33)36-26-29-28-18(2)31(26)22-12-10-21(27)11-13-22/h4-15,25H,3,16-17H2,1-2H3/t25-/m1/s1. The maximum atomic E-state index is 11.6. The van der Waals surface area contributed by atoms with E-state index in [0.717, 1.165) is 16.8 Å². The van der Waals surface area contributed by atoms with Crippen molar-refractivity contribution in [1.29, 1.82) is 0 Å². The smallest absolute Gasteiger partial charge is 0.220 e. The van der Waals surface area contributed by atoms with Gasteiger partial charge in [0.1, 0.15) is 17.7 Å². The number of aryl methyl sites for hydroxylation is 1. The zero-order chi connectivity index (χ0) is 25.5. The number of hydrogen-bond donors (Lipinski definition) is 0. The van der Waals surface area contributed by atoms with E-state index in [2.05, 4.69) is 10.2 Å². The minimum atomic E-state index is -0.531. The minimum absolute atomic E-state index is 0.299. The largest absolute Gasteiger partial charge is 0.490 e. The molecule has 0 aliphatic rings. The summed E-state index contributed by atoms with van der Waals surface area (Å²) in [5, 5.41) is 20.7. The topological polar surface area (TPSA) is 92.3 Å². The van der Waals surface area contributed by atoms with Crippen LogP contribution in [-0.2, 0) is 6.61 Å². The highest BCUT2D eigenvalue weighted by atomic mass is 35.5. The molecule has 36 heavy (non-hydrogen) atoms. The zero-order valence-corrected chi connectivity index (χ0v) is 21.4. The van der Waals surface area contributed by atoms with Gasteiger partial charge < -0.3 is 9.47 Å². The molecule has 0 radical (unpaired) electrons. The van der Waals surface area contributed by atoms with Gasteiger partial charge in [-0.25, -0.2) is 0 Å². The van der Waals surface area contributed by atoms with Gasteiger partial charge in [-0.05, 0) is 61.4 Å². The number of benzene rings is 3. The fraction of sp³-hybridized carbons (Fsp3) is 0.231. The third kappa shape index (κ3) is 6.35. The molecule has 4 aromatic rings. The number of thioether (sulfide) groups is 1. The first kappa shape index (κ1) is 25.5. The van der Waals surface area contributed by atoms with Crippen LogP contribution in [0.4, 0.5) is 0 Å². The van der Waals surface area contributed by atoms with Crippen molar-refractivity contribution < 1.29 is 14.4 Å². The first-order valence-corrected chi connectivity index (χ1v) is 12.6. The zero-order valence-electron chi connectivity index (χ0n) is 19.8. The molecule has 0 aliphatic carbocycles. The fourth-order valence-corrected chi connectivity index (χ4v) is 4.92. The molecule has 8 nitrogen and oxygen atoms in total. The summed E-state index contributed by atoms with van der Waals surface area (Å²) >= 11 is 7.32. The first-order chi connectivity index (χ1) is 17.4. The summed E-state index contributed by atoms with van der Waals surface area (Å²) in [6.07, 6.45) is 0. The van der Waals surface area contributed by atoms with Gasteiger partial charge in [-0.2, -0.15) is 0 Å². The van der Waals surface area contributed by atoms with E-state index in [1.807, 2.05) is 66.9 Å². The fourth-order valence-electron chi connectivity index (χ4n) is 3.63. The Bertz CT molecular complexity index is 1320. The average Bonchev–Trinajstić information content (AvgIpc) is 3.23. The predicted octanol–water partition coefficient (Wildman–Crippen LogP) is 6.32. The molecule has 4 rings (SSSR count). The highest BCUT2D eigenvalue weighted by Gasteiger charge is 2.25. The van der Waals surface area contributed by atoms with Crippen molar-refractivity contribution in [2.24, 2.45) is 0 Å². The lowest BCUT2D eigenvalue weighted by Crippen LogP contribution is -2.11. The lowest BCUT2D eigenvalue weighted by molar-refractivity contribution is -0.479. The lowest BCUT2D eigenvalue weighted by Gasteiger charge is -2.17. The molecule has 10 heteroatoms. The summed E-state index contributed by atoms with van der Waals surface area (Å²) in [5.41, 5.74) is 2.59. The van der Waals surface area contributed by atoms with Crippen molar-refractivity contribution in [3.05, 3.63) is 105 Å². The van der Waals surface area contributed by atoms with E-state index >= 15 is 0 Å². The molecule has 1 atom stereocenters. The van der Waals surface area contributed by atoms with Crippen LogP contribution in [0.3, 0.4) is 0 Å². The molecular weight excluding hydrogens is 500 g/mol. The third-order valence-corrected chi connectivity index (χ3v) is 6.75. The molecule has 0 aliphatic heterocycles. The summed E-state index contributed by atoms with van der Waals surface area (Å²) in [7, 11) is 0. The van der Waals surface area contributed by atoms with E-state index in [9.17, 15) is 10.1 Å². The van der Waals surface area contributed by atoms with Gasteiger partial charge in [0.25, 0.3) is 0 Å². The number of rotatable bonds is 11. The van der Waals surface area contributed by atoms with Gasteiger partial charge in [0.15, 0.2) is 16.7 Å². The van der Waals surface area contributed by atoms with Crippen molar-refractivity contribution in [3.8, 4) is 17.2 Å². The van der Waals surface area contributed by atoms with Crippen molar-refractivity contribution in [3.63, 3.8) is 0 Å². The van der Waals surface area contributed by atoms with Crippen LogP contribution in [0.25, 0.3) is 5.69 Å². The van der Waals surface area contributed by atoms with Gasteiger partial charge in [-0.1, -0.05) is 59.8 Å². The van der Waals surface area contributed by atoms with E-state index in [1.54, 1.807) is 24.3 Å². The van der Waals surface area contributed by atoms with E-state index in [1.165, 1.54) is 11.8 Å². The number of aromatic nitrogens is 3. The molecule has 0 unspecified atom stereocenters. The summed E-state index contributed by atoms with van der Waals surface area (Å²) < 4.78 is 13.7. The highest BCUT2D eigenvalue weighted by molar-refractivity contribution is 7.99. The molecule has 186 valence electrons. The maximum absolute atomic E-state index is 11.6. The van der Waals surface area contributed by atoms with Crippen LogP contribution in [0.1, 0.15) is 29.1 Å². The Hall–Kier alpha value is -3.56. The van der Waals surface area contributed by atoms with E-state index < -0.39 is 5.25 Å². The molecule has 0 N–H and O–H groups in total. The molecule has 0 fully saturated rings. The van der Waals surface area contributed by atoms with Crippen LogP contribution in [0, 0.1) is 17.0 Å². The third-order valence-electron chi connectivity index (χ3n) is 5.32. The second kappa shape index (κ2) is 11.9. The quantitative estimate of drug-likeness (QED) is 0.129. The first-order valence-electron chi connectivity index (χ1n) is 11.3. The van der Waals surface area contributed by atoms with Crippen LogP contribution in [0.2, 0.25) is 5.02 Å². The highest BCUT2D eigenvalue weighted by Crippen LogP contribution is 2.39. The number of hydrogen-bond acceptors (Lipinski definition) is 7. The molecule has 1 aromatic heterocycles. The molecule has 0 spiro atoms. The van der Waals surface area contributed by atoms with Crippen LogP contribution in [-0.4, -0.2) is 32.8 Å². The Labute approximate surface area is 218 Å². The Balaban J connectivity index is 1.62. The normalized spacial score (nSPS) is 11.8. The molecule has 1 heterocycles.